The molecule has 0 radical (unpaired) electrons. The minimum absolute atomic E-state index is 0.570. The van der Waals surface area contributed by atoms with E-state index < -0.39 is 0 Å². The molecular formula is C14H28N2O. The Labute approximate surface area is 106 Å². The van der Waals surface area contributed by atoms with Crippen molar-refractivity contribution in [3.8, 4) is 0 Å². The predicted octanol–water partition coefficient (Wildman–Crippen LogP) is 2.07. The van der Waals surface area contributed by atoms with Gasteiger partial charge in [0.15, 0.2) is 0 Å². The lowest BCUT2D eigenvalue weighted by molar-refractivity contribution is 0.0273. The molecule has 0 bridgehead atoms. The van der Waals surface area contributed by atoms with Crippen LogP contribution in [0.5, 0.6) is 0 Å². The molecule has 0 aromatic rings. The fraction of sp³-hybridized carbons (Fsp3) is 1.00. The number of hydrogen-bond donors (Lipinski definition) is 2. The highest BCUT2D eigenvalue weighted by atomic mass is 16.5. The van der Waals surface area contributed by atoms with Crippen molar-refractivity contribution in [2.24, 2.45) is 0 Å². The molecule has 1 aliphatic heterocycles. The summed E-state index contributed by atoms with van der Waals surface area (Å²) in [6, 6.07) is 0.717. The Morgan fingerprint density at radius 1 is 1.06 bits per heavy atom. The zero-order valence-corrected chi connectivity index (χ0v) is 11.0. The Morgan fingerprint density at radius 3 is 2.71 bits per heavy atom. The van der Waals surface area contributed by atoms with Gasteiger partial charge in [0.1, 0.15) is 0 Å². The molecule has 3 heteroatoms. The fourth-order valence-corrected chi connectivity index (χ4v) is 2.89. The van der Waals surface area contributed by atoms with Crippen LogP contribution in [0.15, 0.2) is 0 Å². The minimum atomic E-state index is 0.570. The molecule has 1 unspecified atom stereocenters. The highest BCUT2D eigenvalue weighted by Gasteiger charge is 2.14. The lowest BCUT2D eigenvalue weighted by Gasteiger charge is -2.22. The van der Waals surface area contributed by atoms with E-state index in [4.69, 9.17) is 4.74 Å². The molecule has 0 aromatic heterocycles. The highest BCUT2D eigenvalue weighted by molar-refractivity contribution is 4.75. The zero-order chi connectivity index (χ0) is 11.8. The highest BCUT2D eigenvalue weighted by Crippen LogP contribution is 2.20. The topological polar surface area (TPSA) is 33.3 Å². The Kier molecular flexibility index (Phi) is 6.32. The molecule has 1 saturated heterocycles. The molecule has 2 N–H and O–H groups in total. The van der Waals surface area contributed by atoms with Crippen LogP contribution in [0.3, 0.4) is 0 Å². The molecule has 100 valence electrons. The maximum absolute atomic E-state index is 5.90. The second kappa shape index (κ2) is 8.06. The van der Waals surface area contributed by atoms with Gasteiger partial charge in [-0.1, -0.05) is 19.3 Å². The molecular weight excluding hydrogens is 212 g/mol. The predicted molar refractivity (Wildman–Crippen MR) is 71.3 cm³/mol. The van der Waals surface area contributed by atoms with Gasteiger partial charge in [0, 0.05) is 19.2 Å². The second-order valence-corrected chi connectivity index (χ2v) is 5.48. The molecule has 1 saturated carbocycles. The van der Waals surface area contributed by atoms with Gasteiger partial charge in [0.05, 0.1) is 6.10 Å². The average molecular weight is 240 g/mol. The lowest BCUT2D eigenvalue weighted by Crippen LogP contribution is -2.34. The zero-order valence-electron chi connectivity index (χ0n) is 11.0. The standard InChI is InChI=1S/C14H28N2O/c1-2-7-14(8-3-1)17-11-5-9-15-12-13-6-4-10-16-13/h13-16H,1-12H2. The van der Waals surface area contributed by atoms with E-state index in [1.54, 1.807) is 0 Å². The van der Waals surface area contributed by atoms with Crippen LogP contribution in [0, 0.1) is 0 Å². The van der Waals surface area contributed by atoms with E-state index in [-0.39, 0.29) is 0 Å². The molecule has 2 rings (SSSR count). The molecule has 0 aromatic carbocycles. The summed E-state index contributed by atoms with van der Waals surface area (Å²) in [5.41, 5.74) is 0. The number of nitrogens with one attached hydrogen (secondary N) is 2. The van der Waals surface area contributed by atoms with Crippen molar-refractivity contribution in [2.45, 2.75) is 63.5 Å². The van der Waals surface area contributed by atoms with Crippen LogP contribution in [-0.4, -0.2) is 38.4 Å². The second-order valence-electron chi connectivity index (χ2n) is 5.48. The van der Waals surface area contributed by atoms with Gasteiger partial charge >= 0.3 is 0 Å². The normalized spacial score (nSPS) is 26.5. The lowest BCUT2D eigenvalue weighted by atomic mass is 9.98. The summed E-state index contributed by atoms with van der Waals surface area (Å²) < 4.78 is 5.90. The quantitative estimate of drug-likeness (QED) is 0.668. The van der Waals surface area contributed by atoms with E-state index >= 15 is 0 Å². The smallest absolute Gasteiger partial charge is 0.0575 e. The van der Waals surface area contributed by atoms with Crippen molar-refractivity contribution >= 4 is 0 Å². The third-order valence-corrected chi connectivity index (χ3v) is 3.96. The van der Waals surface area contributed by atoms with Crippen molar-refractivity contribution in [1.82, 2.24) is 10.6 Å². The molecule has 2 aliphatic rings. The van der Waals surface area contributed by atoms with E-state index in [2.05, 4.69) is 10.6 Å². The fourth-order valence-electron chi connectivity index (χ4n) is 2.89. The monoisotopic (exact) mass is 240 g/mol. The van der Waals surface area contributed by atoms with Gasteiger partial charge in [0.2, 0.25) is 0 Å². The van der Waals surface area contributed by atoms with Crippen LogP contribution >= 0.6 is 0 Å². The van der Waals surface area contributed by atoms with E-state index in [1.807, 2.05) is 0 Å². The number of hydrogen-bond acceptors (Lipinski definition) is 3. The number of rotatable bonds is 7. The van der Waals surface area contributed by atoms with Gasteiger partial charge in [-0.05, 0) is 45.2 Å². The van der Waals surface area contributed by atoms with Crippen molar-refractivity contribution < 1.29 is 4.74 Å². The molecule has 1 heterocycles. The molecule has 1 aliphatic carbocycles. The summed E-state index contributed by atoms with van der Waals surface area (Å²) in [7, 11) is 0. The van der Waals surface area contributed by atoms with Crippen molar-refractivity contribution in [2.75, 3.05) is 26.2 Å². The molecule has 3 nitrogen and oxygen atoms in total. The van der Waals surface area contributed by atoms with Gasteiger partial charge in [0.25, 0.3) is 0 Å². The molecule has 1 atom stereocenters. The van der Waals surface area contributed by atoms with Crippen LogP contribution in [0.2, 0.25) is 0 Å². The van der Waals surface area contributed by atoms with Crippen LogP contribution in [0.4, 0.5) is 0 Å². The first kappa shape index (κ1) is 13.3. The van der Waals surface area contributed by atoms with Crippen molar-refractivity contribution in [1.29, 1.82) is 0 Å². The maximum Gasteiger partial charge on any atom is 0.0575 e. The van der Waals surface area contributed by atoms with Gasteiger partial charge in [-0.2, -0.15) is 0 Å². The third kappa shape index (κ3) is 5.36. The Balaban J connectivity index is 1.38. The van der Waals surface area contributed by atoms with Gasteiger partial charge < -0.3 is 15.4 Å². The van der Waals surface area contributed by atoms with E-state index in [0.29, 0.717) is 12.1 Å². The Hall–Kier alpha value is -0.120. The summed E-state index contributed by atoms with van der Waals surface area (Å²) in [6.07, 6.45) is 11.1. The van der Waals surface area contributed by atoms with Crippen molar-refractivity contribution in [3.63, 3.8) is 0 Å². The minimum Gasteiger partial charge on any atom is -0.378 e. The van der Waals surface area contributed by atoms with Crippen molar-refractivity contribution in [3.05, 3.63) is 0 Å². The van der Waals surface area contributed by atoms with E-state index in [9.17, 15) is 0 Å². The third-order valence-electron chi connectivity index (χ3n) is 3.96. The molecule has 0 spiro atoms. The molecule has 0 amide bonds. The summed E-state index contributed by atoms with van der Waals surface area (Å²) in [5, 5.41) is 7.03. The van der Waals surface area contributed by atoms with E-state index in [1.165, 1.54) is 51.5 Å². The summed E-state index contributed by atoms with van der Waals surface area (Å²) in [4.78, 5) is 0. The summed E-state index contributed by atoms with van der Waals surface area (Å²) in [6.45, 7) is 4.38. The van der Waals surface area contributed by atoms with Crippen LogP contribution in [-0.2, 0) is 4.74 Å². The van der Waals surface area contributed by atoms with Crippen LogP contribution in [0.1, 0.15) is 51.4 Å². The average Bonchev–Trinajstić information content (AvgIpc) is 2.88. The first-order chi connectivity index (χ1) is 8.45. The van der Waals surface area contributed by atoms with E-state index in [0.717, 1.165) is 26.1 Å². The largest absolute Gasteiger partial charge is 0.378 e. The van der Waals surface area contributed by atoms with Gasteiger partial charge in [-0.15, -0.1) is 0 Å². The van der Waals surface area contributed by atoms with Gasteiger partial charge in [-0.25, -0.2) is 0 Å². The first-order valence-electron chi connectivity index (χ1n) is 7.51. The number of ether oxygens (including phenoxy) is 1. The maximum atomic E-state index is 5.90. The summed E-state index contributed by atoms with van der Waals surface area (Å²) >= 11 is 0. The van der Waals surface area contributed by atoms with Crippen LogP contribution in [0.25, 0.3) is 0 Å². The SMILES string of the molecule is C1CCC(OCCCNCC2CCCN2)CC1. The summed E-state index contributed by atoms with van der Waals surface area (Å²) in [5.74, 6) is 0. The Bertz CT molecular complexity index is 187. The molecule has 17 heavy (non-hydrogen) atoms. The van der Waals surface area contributed by atoms with Gasteiger partial charge in [-0.3, -0.25) is 0 Å². The van der Waals surface area contributed by atoms with Crippen LogP contribution < -0.4 is 10.6 Å². The Morgan fingerprint density at radius 2 is 1.94 bits per heavy atom. The first-order valence-corrected chi connectivity index (χ1v) is 7.51. The molecule has 2 fully saturated rings.